The monoisotopic (exact) mass is 232 g/mol. The standard InChI is InChI=1S/C16H12N2/c1-4-14-9-10-16(18(3)12(14)2)15-7-5-13(11-17)6-8-15/h1,5-10H,2H2,3H3. The maximum atomic E-state index is 8.78. The first-order valence-electron chi connectivity index (χ1n) is 5.49. The number of rotatable bonds is 1. The molecular formula is C16H12N2. The van der Waals surface area contributed by atoms with Crippen LogP contribution in [-0.4, -0.2) is 11.9 Å². The molecule has 0 N–H and O–H groups in total. The molecule has 86 valence electrons. The average molecular weight is 232 g/mol. The van der Waals surface area contributed by atoms with E-state index in [0.717, 1.165) is 22.5 Å². The fourth-order valence-electron chi connectivity index (χ4n) is 1.83. The Hall–Kier alpha value is -2.71. The van der Waals surface area contributed by atoms with Gasteiger partial charge < -0.3 is 4.90 Å². The lowest BCUT2D eigenvalue weighted by Gasteiger charge is -2.27. The highest BCUT2D eigenvalue weighted by atomic mass is 15.1. The van der Waals surface area contributed by atoms with E-state index in [4.69, 9.17) is 11.7 Å². The van der Waals surface area contributed by atoms with Gasteiger partial charge in [0, 0.05) is 24.0 Å². The smallest absolute Gasteiger partial charge is 0.0991 e. The Balaban J connectivity index is 2.42. The third-order valence-corrected chi connectivity index (χ3v) is 2.95. The Labute approximate surface area is 107 Å². The molecule has 0 aliphatic carbocycles. The van der Waals surface area contributed by atoms with E-state index in [0.29, 0.717) is 5.56 Å². The summed E-state index contributed by atoms with van der Waals surface area (Å²) in [5, 5.41) is 8.78. The maximum Gasteiger partial charge on any atom is 0.0991 e. The Bertz CT molecular complexity index is 631. The van der Waals surface area contributed by atoms with Crippen LogP contribution in [0.5, 0.6) is 0 Å². The molecule has 1 aliphatic heterocycles. The summed E-state index contributed by atoms with van der Waals surface area (Å²) >= 11 is 0. The zero-order valence-electron chi connectivity index (χ0n) is 10.1. The molecule has 0 saturated heterocycles. The van der Waals surface area contributed by atoms with E-state index in [1.54, 1.807) is 12.1 Å². The number of terminal acetylenes is 1. The largest absolute Gasteiger partial charge is 0.344 e. The molecule has 2 rings (SSSR count). The first-order chi connectivity index (χ1) is 8.67. The third kappa shape index (κ3) is 1.93. The normalized spacial score (nSPS) is 14.4. The van der Waals surface area contributed by atoms with Crippen LogP contribution >= 0.6 is 0 Å². The second kappa shape index (κ2) is 4.65. The summed E-state index contributed by atoms with van der Waals surface area (Å²) < 4.78 is 0. The van der Waals surface area contributed by atoms with Crippen molar-refractivity contribution in [3.8, 4) is 18.4 Å². The van der Waals surface area contributed by atoms with Crippen LogP contribution in [0.2, 0.25) is 0 Å². The molecule has 0 fully saturated rings. The number of hydrogen-bond donors (Lipinski definition) is 0. The van der Waals surface area contributed by atoms with Gasteiger partial charge in [-0.1, -0.05) is 24.6 Å². The molecule has 0 atom stereocenters. The lowest BCUT2D eigenvalue weighted by molar-refractivity contribution is 0.609. The molecule has 0 aromatic heterocycles. The van der Waals surface area contributed by atoms with Gasteiger partial charge >= 0.3 is 0 Å². The fourth-order valence-corrected chi connectivity index (χ4v) is 1.83. The van der Waals surface area contributed by atoms with E-state index >= 15 is 0 Å². The number of likely N-dealkylation sites (N-methyl/N-ethyl adjacent to an activating group) is 1. The number of allylic oxidation sites excluding steroid dienone is 3. The molecule has 18 heavy (non-hydrogen) atoms. The summed E-state index contributed by atoms with van der Waals surface area (Å²) in [5.74, 6) is 2.61. The van der Waals surface area contributed by atoms with Crippen LogP contribution in [0.4, 0.5) is 0 Å². The molecular weight excluding hydrogens is 220 g/mol. The quantitative estimate of drug-likeness (QED) is 0.696. The lowest BCUT2D eigenvalue weighted by atomic mass is 10.0. The Kier molecular flexibility index (Phi) is 3.04. The zero-order chi connectivity index (χ0) is 13.1. The maximum absolute atomic E-state index is 8.78. The fraction of sp³-hybridized carbons (Fsp3) is 0.0625. The zero-order valence-corrected chi connectivity index (χ0v) is 10.1. The van der Waals surface area contributed by atoms with Crippen LogP contribution in [-0.2, 0) is 0 Å². The summed E-state index contributed by atoms with van der Waals surface area (Å²) in [6.45, 7) is 3.98. The first kappa shape index (κ1) is 11.8. The molecule has 0 unspecified atom stereocenters. The van der Waals surface area contributed by atoms with Crippen molar-refractivity contribution in [3.63, 3.8) is 0 Å². The highest BCUT2D eigenvalue weighted by molar-refractivity contribution is 5.72. The summed E-state index contributed by atoms with van der Waals surface area (Å²) in [6, 6.07) is 9.54. The topological polar surface area (TPSA) is 27.0 Å². The molecule has 0 radical (unpaired) electrons. The Morgan fingerprint density at radius 1 is 1.22 bits per heavy atom. The molecule has 1 aromatic rings. The van der Waals surface area contributed by atoms with Gasteiger partial charge in [0.25, 0.3) is 0 Å². The van der Waals surface area contributed by atoms with Crippen LogP contribution in [0.25, 0.3) is 5.70 Å². The van der Waals surface area contributed by atoms with Gasteiger partial charge in [0.1, 0.15) is 0 Å². The van der Waals surface area contributed by atoms with Gasteiger partial charge in [-0.15, -0.1) is 6.42 Å². The van der Waals surface area contributed by atoms with Crippen molar-refractivity contribution in [2.24, 2.45) is 0 Å². The molecule has 1 aliphatic rings. The van der Waals surface area contributed by atoms with Crippen LogP contribution in [0, 0.1) is 23.7 Å². The van der Waals surface area contributed by atoms with E-state index < -0.39 is 0 Å². The summed E-state index contributed by atoms with van der Waals surface area (Å²) in [7, 11) is 1.93. The van der Waals surface area contributed by atoms with Gasteiger partial charge in [-0.2, -0.15) is 5.26 Å². The first-order valence-corrected chi connectivity index (χ1v) is 5.49. The number of benzene rings is 1. The van der Waals surface area contributed by atoms with Crippen molar-refractivity contribution in [1.82, 2.24) is 4.90 Å². The lowest BCUT2D eigenvalue weighted by Crippen LogP contribution is -2.19. The predicted molar refractivity (Wildman–Crippen MR) is 73.0 cm³/mol. The van der Waals surface area contributed by atoms with E-state index in [9.17, 15) is 0 Å². The highest BCUT2D eigenvalue weighted by Crippen LogP contribution is 2.28. The molecule has 0 saturated carbocycles. The van der Waals surface area contributed by atoms with Crippen molar-refractivity contribution < 1.29 is 0 Å². The molecule has 0 spiro atoms. The van der Waals surface area contributed by atoms with Gasteiger partial charge in [0.05, 0.1) is 11.6 Å². The van der Waals surface area contributed by atoms with Crippen molar-refractivity contribution in [3.05, 3.63) is 65.4 Å². The van der Waals surface area contributed by atoms with Crippen LogP contribution in [0.1, 0.15) is 11.1 Å². The minimum atomic E-state index is 0.650. The van der Waals surface area contributed by atoms with Crippen LogP contribution in [0.15, 0.2) is 54.3 Å². The number of hydrogen-bond acceptors (Lipinski definition) is 2. The number of nitrogens with zero attached hydrogens (tertiary/aromatic N) is 2. The van der Waals surface area contributed by atoms with Crippen molar-refractivity contribution >= 4 is 5.70 Å². The number of nitriles is 1. The van der Waals surface area contributed by atoms with E-state index in [2.05, 4.69) is 18.6 Å². The van der Waals surface area contributed by atoms with Gasteiger partial charge in [0.2, 0.25) is 0 Å². The van der Waals surface area contributed by atoms with Crippen molar-refractivity contribution in [1.29, 1.82) is 5.26 Å². The molecule has 1 heterocycles. The summed E-state index contributed by atoms with van der Waals surface area (Å²) in [6.07, 6.45) is 9.26. The van der Waals surface area contributed by atoms with E-state index in [1.165, 1.54) is 0 Å². The van der Waals surface area contributed by atoms with Crippen LogP contribution < -0.4 is 0 Å². The molecule has 2 heteroatoms. The SMILES string of the molecule is C#CC1=CC=C(c2ccc(C#N)cc2)N(C)C1=C. The minimum absolute atomic E-state index is 0.650. The Morgan fingerprint density at radius 3 is 2.44 bits per heavy atom. The van der Waals surface area contributed by atoms with Crippen molar-refractivity contribution in [2.45, 2.75) is 0 Å². The van der Waals surface area contributed by atoms with Gasteiger partial charge in [0.15, 0.2) is 0 Å². The van der Waals surface area contributed by atoms with Gasteiger partial charge in [-0.3, -0.25) is 0 Å². The van der Waals surface area contributed by atoms with Crippen LogP contribution in [0.3, 0.4) is 0 Å². The van der Waals surface area contributed by atoms with Gasteiger partial charge in [-0.25, -0.2) is 0 Å². The molecule has 2 nitrogen and oxygen atoms in total. The highest BCUT2D eigenvalue weighted by Gasteiger charge is 2.16. The van der Waals surface area contributed by atoms with Gasteiger partial charge in [-0.05, 0) is 29.8 Å². The summed E-state index contributed by atoms with van der Waals surface area (Å²) in [4.78, 5) is 1.95. The Morgan fingerprint density at radius 2 is 1.89 bits per heavy atom. The summed E-state index contributed by atoms with van der Waals surface area (Å²) in [5.41, 5.74) is 4.29. The molecule has 1 aromatic carbocycles. The van der Waals surface area contributed by atoms with Crippen molar-refractivity contribution in [2.75, 3.05) is 7.05 Å². The minimum Gasteiger partial charge on any atom is -0.344 e. The predicted octanol–water partition coefficient (Wildman–Crippen LogP) is 2.92. The molecule has 0 bridgehead atoms. The average Bonchev–Trinajstić information content (AvgIpc) is 2.42. The van der Waals surface area contributed by atoms with E-state index in [1.807, 2.05) is 36.2 Å². The third-order valence-electron chi connectivity index (χ3n) is 2.95. The van der Waals surface area contributed by atoms with E-state index in [-0.39, 0.29) is 0 Å². The second-order valence-electron chi connectivity index (χ2n) is 3.97. The molecule has 0 amide bonds. The second-order valence-corrected chi connectivity index (χ2v) is 3.97.